The van der Waals surface area contributed by atoms with E-state index in [-0.39, 0.29) is 6.04 Å². The van der Waals surface area contributed by atoms with Crippen molar-refractivity contribution in [1.29, 1.82) is 0 Å². The van der Waals surface area contributed by atoms with E-state index < -0.39 is 11.6 Å². The molecule has 2 aromatic carbocycles. The Morgan fingerprint density at radius 2 is 1.79 bits per heavy atom. The molecule has 19 heavy (non-hydrogen) atoms. The molecule has 0 aliphatic heterocycles. The van der Waals surface area contributed by atoms with Crippen molar-refractivity contribution < 1.29 is 8.78 Å². The molecule has 0 bridgehead atoms. The van der Waals surface area contributed by atoms with Crippen LogP contribution in [0.4, 0.5) is 8.78 Å². The van der Waals surface area contributed by atoms with Crippen LogP contribution in [0.2, 0.25) is 5.02 Å². The maximum Gasteiger partial charge on any atom is 0.140 e. The van der Waals surface area contributed by atoms with Gasteiger partial charge in [0.2, 0.25) is 0 Å². The Labute approximate surface area is 119 Å². The van der Waals surface area contributed by atoms with Gasteiger partial charge in [-0.05, 0) is 36.8 Å². The van der Waals surface area contributed by atoms with E-state index in [1.807, 2.05) is 13.0 Å². The summed E-state index contributed by atoms with van der Waals surface area (Å²) in [5.41, 5.74) is 6.67. The van der Waals surface area contributed by atoms with Crippen molar-refractivity contribution in [3.05, 3.63) is 58.6 Å². The molecule has 2 rings (SSSR count). The lowest BCUT2D eigenvalue weighted by Crippen LogP contribution is -2.04. The highest BCUT2D eigenvalue weighted by Gasteiger charge is 2.10. The van der Waals surface area contributed by atoms with Gasteiger partial charge in [0.15, 0.2) is 0 Å². The molecule has 5 heteroatoms. The van der Waals surface area contributed by atoms with Crippen LogP contribution in [0.25, 0.3) is 0 Å². The Hall–Kier alpha value is -1.10. The third kappa shape index (κ3) is 3.47. The first kappa shape index (κ1) is 14.3. The summed E-state index contributed by atoms with van der Waals surface area (Å²) in [5.74, 6) is -1.20. The standard InChI is InChI=1S/C14H12ClF2NS/c1-8(18)9-2-4-13(11(15)6-9)19-14-5-3-10(16)7-12(14)17/h2-8H,18H2,1H3/t8-/m1/s1. The molecule has 0 aliphatic carbocycles. The molecule has 0 heterocycles. The third-order valence-corrected chi connectivity index (χ3v) is 4.15. The van der Waals surface area contributed by atoms with E-state index in [1.165, 1.54) is 12.1 Å². The van der Waals surface area contributed by atoms with E-state index >= 15 is 0 Å². The molecule has 0 fully saturated rings. The summed E-state index contributed by atoms with van der Waals surface area (Å²) < 4.78 is 26.4. The second-order valence-corrected chi connectivity index (χ2v) is 5.65. The quantitative estimate of drug-likeness (QED) is 0.882. The van der Waals surface area contributed by atoms with Crippen molar-refractivity contribution in [2.45, 2.75) is 22.8 Å². The van der Waals surface area contributed by atoms with Crippen molar-refractivity contribution in [3.63, 3.8) is 0 Å². The topological polar surface area (TPSA) is 26.0 Å². The average Bonchev–Trinajstić information content (AvgIpc) is 2.34. The Morgan fingerprint density at radius 3 is 2.37 bits per heavy atom. The van der Waals surface area contributed by atoms with Gasteiger partial charge in [-0.25, -0.2) is 8.78 Å². The van der Waals surface area contributed by atoms with Gasteiger partial charge in [-0.3, -0.25) is 0 Å². The van der Waals surface area contributed by atoms with E-state index in [1.54, 1.807) is 12.1 Å². The summed E-state index contributed by atoms with van der Waals surface area (Å²) in [6.07, 6.45) is 0. The molecule has 0 saturated carbocycles. The van der Waals surface area contributed by atoms with E-state index in [2.05, 4.69) is 0 Å². The van der Waals surface area contributed by atoms with Crippen LogP contribution in [0.5, 0.6) is 0 Å². The highest BCUT2D eigenvalue weighted by molar-refractivity contribution is 7.99. The fourth-order valence-electron chi connectivity index (χ4n) is 1.56. The monoisotopic (exact) mass is 299 g/mol. The Morgan fingerprint density at radius 1 is 1.11 bits per heavy atom. The summed E-state index contributed by atoms with van der Waals surface area (Å²) >= 11 is 7.29. The van der Waals surface area contributed by atoms with Crippen LogP contribution in [0.1, 0.15) is 18.5 Å². The van der Waals surface area contributed by atoms with Gasteiger partial charge >= 0.3 is 0 Å². The van der Waals surface area contributed by atoms with E-state index in [0.29, 0.717) is 14.8 Å². The summed E-state index contributed by atoms with van der Waals surface area (Å²) in [5, 5.41) is 0.503. The maximum absolute atomic E-state index is 13.6. The number of nitrogens with two attached hydrogens (primary N) is 1. The van der Waals surface area contributed by atoms with Gasteiger partial charge in [-0.2, -0.15) is 0 Å². The van der Waals surface area contributed by atoms with Crippen LogP contribution < -0.4 is 5.73 Å². The first-order chi connectivity index (χ1) is 8.97. The number of hydrogen-bond donors (Lipinski definition) is 1. The normalized spacial score (nSPS) is 12.5. The Kier molecular flexibility index (Phi) is 4.45. The van der Waals surface area contributed by atoms with E-state index in [9.17, 15) is 8.78 Å². The fraction of sp³-hybridized carbons (Fsp3) is 0.143. The molecule has 0 saturated heterocycles. The third-order valence-electron chi connectivity index (χ3n) is 2.60. The first-order valence-corrected chi connectivity index (χ1v) is 6.85. The van der Waals surface area contributed by atoms with Crippen LogP contribution >= 0.6 is 23.4 Å². The molecule has 0 unspecified atom stereocenters. The minimum absolute atomic E-state index is 0.112. The summed E-state index contributed by atoms with van der Waals surface area (Å²) in [6.45, 7) is 1.86. The SMILES string of the molecule is C[C@@H](N)c1ccc(Sc2ccc(F)cc2F)c(Cl)c1. The van der Waals surface area contributed by atoms with Crippen molar-refractivity contribution in [1.82, 2.24) is 0 Å². The lowest BCUT2D eigenvalue weighted by Gasteiger charge is -2.09. The first-order valence-electron chi connectivity index (χ1n) is 5.65. The lowest BCUT2D eigenvalue weighted by atomic mass is 10.1. The molecule has 0 aliphatic rings. The van der Waals surface area contributed by atoms with Crippen molar-refractivity contribution in [2.75, 3.05) is 0 Å². The predicted octanol–water partition coefficient (Wildman–Crippen LogP) is 4.79. The highest BCUT2D eigenvalue weighted by Crippen LogP contribution is 2.35. The molecule has 100 valence electrons. The van der Waals surface area contributed by atoms with Crippen molar-refractivity contribution in [2.24, 2.45) is 5.73 Å². The van der Waals surface area contributed by atoms with Gasteiger partial charge in [0, 0.05) is 21.9 Å². The van der Waals surface area contributed by atoms with Gasteiger partial charge in [0.1, 0.15) is 11.6 Å². The maximum atomic E-state index is 13.6. The Balaban J connectivity index is 2.28. The number of benzene rings is 2. The molecular formula is C14H12ClF2NS. The molecule has 2 N–H and O–H groups in total. The van der Waals surface area contributed by atoms with Gasteiger partial charge in [0.25, 0.3) is 0 Å². The minimum atomic E-state index is -0.600. The molecule has 1 atom stereocenters. The minimum Gasteiger partial charge on any atom is -0.324 e. The lowest BCUT2D eigenvalue weighted by molar-refractivity contribution is 0.565. The summed E-state index contributed by atoms with van der Waals surface area (Å²) in [7, 11) is 0. The van der Waals surface area contributed by atoms with Crippen LogP contribution in [-0.4, -0.2) is 0 Å². The van der Waals surface area contributed by atoms with Crippen LogP contribution in [0.15, 0.2) is 46.2 Å². The largest absolute Gasteiger partial charge is 0.324 e. The van der Waals surface area contributed by atoms with Crippen LogP contribution in [0.3, 0.4) is 0 Å². The van der Waals surface area contributed by atoms with Gasteiger partial charge in [0.05, 0.1) is 5.02 Å². The van der Waals surface area contributed by atoms with Crippen LogP contribution in [0, 0.1) is 11.6 Å². The van der Waals surface area contributed by atoms with Crippen LogP contribution in [-0.2, 0) is 0 Å². The zero-order chi connectivity index (χ0) is 14.0. The molecule has 1 nitrogen and oxygen atoms in total. The zero-order valence-corrected chi connectivity index (χ0v) is 11.7. The number of halogens is 3. The predicted molar refractivity (Wildman–Crippen MR) is 74.5 cm³/mol. The summed E-state index contributed by atoms with van der Waals surface area (Å²) in [4.78, 5) is 1.04. The molecule has 2 aromatic rings. The summed E-state index contributed by atoms with van der Waals surface area (Å²) in [6, 6.07) is 8.75. The molecule has 0 aromatic heterocycles. The molecule has 0 spiro atoms. The van der Waals surface area contributed by atoms with Crippen molar-refractivity contribution in [3.8, 4) is 0 Å². The molecule has 0 amide bonds. The smallest absolute Gasteiger partial charge is 0.140 e. The number of hydrogen-bond acceptors (Lipinski definition) is 2. The molecule has 0 radical (unpaired) electrons. The van der Waals surface area contributed by atoms with Gasteiger partial charge in [-0.15, -0.1) is 0 Å². The van der Waals surface area contributed by atoms with E-state index in [4.69, 9.17) is 17.3 Å². The second kappa shape index (κ2) is 5.90. The second-order valence-electron chi connectivity index (χ2n) is 4.16. The van der Waals surface area contributed by atoms with Gasteiger partial charge < -0.3 is 5.73 Å². The zero-order valence-electron chi connectivity index (χ0n) is 10.2. The van der Waals surface area contributed by atoms with Gasteiger partial charge in [-0.1, -0.05) is 29.4 Å². The average molecular weight is 300 g/mol. The highest BCUT2D eigenvalue weighted by atomic mass is 35.5. The molecular weight excluding hydrogens is 288 g/mol. The number of rotatable bonds is 3. The Bertz CT molecular complexity index is 602. The van der Waals surface area contributed by atoms with Crippen molar-refractivity contribution >= 4 is 23.4 Å². The van der Waals surface area contributed by atoms with E-state index in [0.717, 1.165) is 23.4 Å². The fourth-order valence-corrected chi connectivity index (χ4v) is 2.69.